The number of anilines is 1. The summed E-state index contributed by atoms with van der Waals surface area (Å²) in [6.07, 6.45) is 2.65. The number of pyridine rings is 1. The molecule has 0 atom stereocenters. The molecule has 0 saturated carbocycles. The molecule has 1 amide bonds. The number of nitrogens with one attached hydrogen (secondary N) is 2. The van der Waals surface area contributed by atoms with Gasteiger partial charge >= 0.3 is 11.6 Å². The van der Waals surface area contributed by atoms with Crippen LogP contribution in [-0.4, -0.2) is 25.8 Å². The molecule has 0 radical (unpaired) electrons. The second kappa shape index (κ2) is 9.12. The van der Waals surface area contributed by atoms with Gasteiger partial charge in [-0.3, -0.25) is 30.7 Å². The molecule has 2 heterocycles. The van der Waals surface area contributed by atoms with E-state index in [2.05, 4.69) is 41.7 Å². The number of aromatic nitrogens is 3. The molecule has 2 aromatic carbocycles. The van der Waals surface area contributed by atoms with E-state index in [1.165, 1.54) is 12.1 Å². The van der Waals surface area contributed by atoms with Crippen molar-refractivity contribution in [2.75, 3.05) is 5.43 Å². The quantitative estimate of drug-likeness (QED) is 0.274. The first kappa shape index (κ1) is 21.4. The number of rotatable bonds is 6. The predicted octanol–water partition coefficient (Wildman–Crippen LogP) is 4.90. The lowest BCUT2D eigenvalue weighted by Gasteiger charge is -2.11. The lowest BCUT2D eigenvalue weighted by atomic mass is 10.2. The van der Waals surface area contributed by atoms with E-state index >= 15 is 0 Å². The summed E-state index contributed by atoms with van der Waals surface area (Å²) in [6.45, 7) is 0. The van der Waals surface area contributed by atoms with Crippen LogP contribution in [0.2, 0.25) is 5.02 Å². The largest absolute Gasteiger partial charge is 0.431 e. The fourth-order valence-corrected chi connectivity index (χ4v) is 3.45. The summed E-state index contributed by atoms with van der Waals surface area (Å²) in [5, 5.41) is 12.9. The van der Waals surface area contributed by atoms with Gasteiger partial charge in [0.15, 0.2) is 5.75 Å². The first-order valence-electron chi connectivity index (χ1n) is 8.96. The Hall–Kier alpha value is -3.83. The third-order valence-electron chi connectivity index (χ3n) is 4.24. The molecule has 0 aliphatic rings. The van der Waals surface area contributed by atoms with Crippen molar-refractivity contribution >= 4 is 55.8 Å². The van der Waals surface area contributed by atoms with Crippen molar-refractivity contribution in [1.82, 2.24) is 20.4 Å². The van der Waals surface area contributed by atoms with Crippen LogP contribution in [0.15, 0.2) is 65.5 Å². The van der Waals surface area contributed by atoms with E-state index in [-0.39, 0.29) is 23.0 Å². The summed E-state index contributed by atoms with van der Waals surface area (Å²) >= 11 is 9.32. The predicted molar refractivity (Wildman–Crippen MR) is 121 cm³/mol. The summed E-state index contributed by atoms with van der Waals surface area (Å²) in [5.74, 6) is -0.881. The van der Waals surface area contributed by atoms with Crippen molar-refractivity contribution in [3.63, 3.8) is 0 Å². The van der Waals surface area contributed by atoms with Crippen LogP contribution in [0.4, 0.5) is 11.5 Å². The van der Waals surface area contributed by atoms with Gasteiger partial charge in [0.2, 0.25) is 5.82 Å². The molecule has 0 saturated heterocycles. The van der Waals surface area contributed by atoms with Crippen LogP contribution >= 0.6 is 27.5 Å². The number of nitrogens with zero attached hydrogens (tertiary/aromatic N) is 4. The lowest BCUT2D eigenvalue weighted by molar-refractivity contribution is -0.385. The van der Waals surface area contributed by atoms with E-state index in [4.69, 9.17) is 16.3 Å². The molecule has 4 aromatic rings. The molecular weight excluding hydrogens is 504 g/mol. The Balaban J connectivity index is 1.64. The summed E-state index contributed by atoms with van der Waals surface area (Å²) < 4.78 is 6.53. The maximum absolute atomic E-state index is 12.3. The van der Waals surface area contributed by atoms with Gasteiger partial charge in [-0.15, -0.1) is 0 Å². The number of carbonyl (C=O) groups is 1. The highest BCUT2D eigenvalue weighted by atomic mass is 79.9. The van der Waals surface area contributed by atoms with Gasteiger partial charge in [-0.05, 0) is 36.4 Å². The van der Waals surface area contributed by atoms with Crippen molar-refractivity contribution in [3.8, 4) is 11.6 Å². The number of amides is 1. The van der Waals surface area contributed by atoms with Gasteiger partial charge in [0.25, 0.3) is 5.91 Å². The monoisotopic (exact) mass is 514 g/mol. The standard InChI is InChI=1S/C20H12BrClN6O4/c21-14-6-7-15(16-13(14)5-2-8-23-16)32-20-17(28(30)31)18(24-10-25-20)26-27-19(29)11-3-1-4-12(22)9-11/h1-10H,(H,27,29)(H,24,25,26). The number of halogens is 2. The number of hydrogen-bond acceptors (Lipinski definition) is 8. The first-order chi connectivity index (χ1) is 15.4. The SMILES string of the molecule is O=C(NNc1ncnc(Oc2ccc(Br)c3cccnc23)c1[N+](=O)[O-])c1cccc(Cl)c1. The molecule has 10 nitrogen and oxygen atoms in total. The van der Waals surface area contributed by atoms with Gasteiger partial charge in [0, 0.05) is 26.6 Å². The van der Waals surface area contributed by atoms with Gasteiger partial charge in [-0.2, -0.15) is 4.98 Å². The minimum absolute atomic E-state index is 0.255. The smallest absolute Gasteiger partial charge is 0.374 e. The molecule has 32 heavy (non-hydrogen) atoms. The second-order valence-electron chi connectivity index (χ2n) is 6.27. The van der Waals surface area contributed by atoms with Crippen LogP contribution in [0, 0.1) is 10.1 Å². The lowest BCUT2D eigenvalue weighted by Crippen LogP contribution is -2.30. The number of ether oxygens (including phenoxy) is 1. The van der Waals surface area contributed by atoms with Gasteiger partial charge in [0.05, 0.1) is 4.92 Å². The molecular formula is C20H12BrClN6O4. The minimum Gasteiger partial charge on any atom is -0.431 e. The molecule has 0 unspecified atom stereocenters. The highest BCUT2D eigenvalue weighted by molar-refractivity contribution is 9.10. The number of nitro groups is 1. The van der Waals surface area contributed by atoms with Crippen molar-refractivity contribution in [2.45, 2.75) is 0 Å². The van der Waals surface area contributed by atoms with E-state index < -0.39 is 16.5 Å². The van der Waals surface area contributed by atoms with Crippen LogP contribution in [0.3, 0.4) is 0 Å². The molecule has 2 aromatic heterocycles. The highest BCUT2D eigenvalue weighted by Gasteiger charge is 2.26. The van der Waals surface area contributed by atoms with Gasteiger partial charge in [-0.25, -0.2) is 4.98 Å². The van der Waals surface area contributed by atoms with E-state index in [9.17, 15) is 14.9 Å². The normalized spacial score (nSPS) is 10.6. The molecule has 0 fully saturated rings. The molecule has 2 N–H and O–H groups in total. The molecule has 160 valence electrons. The zero-order chi connectivity index (χ0) is 22.7. The molecule has 0 spiro atoms. The topological polar surface area (TPSA) is 132 Å². The van der Waals surface area contributed by atoms with Crippen molar-refractivity contribution in [2.24, 2.45) is 0 Å². The molecule has 12 heteroatoms. The third-order valence-corrected chi connectivity index (χ3v) is 5.17. The summed E-state index contributed by atoms with van der Waals surface area (Å²) in [5.41, 5.74) is 4.97. The fourth-order valence-electron chi connectivity index (χ4n) is 2.81. The van der Waals surface area contributed by atoms with Crippen molar-refractivity contribution in [3.05, 3.63) is 86.2 Å². The molecule has 4 rings (SSSR count). The Morgan fingerprint density at radius 1 is 1.12 bits per heavy atom. The molecule has 0 bridgehead atoms. The third kappa shape index (κ3) is 4.43. The van der Waals surface area contributed by atoms with Crippen molar-refractivity contribution in [1.29, 1.82) is 0 Å². The van der Waals surface area contributed by atoms with Gasteiger partial charge < -0.3 is 4.74 Å². The number of benzene rings is 2. The zero-order valence-electron chi connectivity index (χ0n) is 16.0. The van der Waals surface area contributed by atoms with Crippen LogP contribution in [0.1, 0.15) is 10.4 Å². The van der Waals surface area contributed by atoms with Crippen LogP contribution in [0.5, 0.6) is 11.6 Å². The first-order valence-corrected chi connectivity index (χ1v) is 10.1. The van der Waals surface area contributed by atoms with Gasteiger partial charge in [-0.1, -0.05) is 39.7 Å². The fraction of sp³-hybridized carbons (Fsp3) is 0. The molecule has 0 aliphatic carbocycles. The Bertz CT molecular complexity index is 1350. The van der Waals surface area contributed by atoms with Crippen LogP contribution in [0.25, 0.3) is 10.9 Å². The van der Waals surface area contributed by atoms with E-state index in [1.807, 2.05) is 6.07 Å². The number of carbonyl (C=O) groups excluding carboxylic acids is 1. The van der Waals surface area contributed by atoms with Crippen LogP contribution < -0.4 is 15.6 Å². The Labute approximate surface area is 193 Å². The van der Waals surface area contributed by atoms with Crippen molar-refractivity contribution < 1.29 is 14.5 Å². The van der Waals surface area contributed by atoms with Gasteiger partial charge in [0.1, 0.15) is 11.8 Å². The Morgan fingerprint density at radius 3 is 2.75 bits per heavy atom. The second-order valence-corrected chi connectivity index (χ2v) is 7.56. The Kier molecular flexibility index (Phi) is 6.10. The minimum atomic E-state index is -0.711. The van der Waals surface area contributed by atoms with E-state index in [0.717, 1.165) is 16.2 Å². The number of hydrogen-bond donors (Lipinski definition) is 2. The Morgan fingerprint density at radius 2 is 1.97 bits per heavy atom. The molecule has 0 aliphatic heterocycles. The number of hydrazine groups is 1. The average molecular weight is 516 g/mol. The summed E-state index contributed by atoms with van der Waals surface area (Å²) in [4.78, 5) is 35.4. The van der Waals surface area contributed by atoms with E-state index in [1.54, 1.807) is 36.5 Å². The highest BCUT2D eigenvalue weighted by Crippen LogP contribution is 2.37. The zero-order valence-corrected chi connectivity index (χ0v) is 18.3. The van der Waals surface area contributed by atoms with E-state index in [0.29, 0.717) is 10.5 Å². The summed E-state index contributed by atoms with van der Waals surface area (Å²) in [7, 11) is 0. The maximum atomic E-state index is 12.3. The maximum Gasteiger partial charge on any atom is 0.374 e. The summed E-state index contributed by atoms with van der Waals surface area (Å²) in [6, 6.07) is 13.1. The van der Waals surface area contributed by atoms with Crippen LogP contribution in [-0.2, 0) is 0 Å². The average Bonchev–Trinajstić information content (AvgIpc) is 2.79. The number of fused-ring (bicyclic) bond motifs is 1.